The Morgan fingerprint density at radius 2 is 2.11 bits per heavy atom. The second kappa shape index (κ2) is 6.33. The van der Waals surface area contributed by atoms with Crippen molar-refractivity contribution in [3.8, 4) is 5.88 Å². The number of hydrogen-bond acceptors (Lipinski definition) is 3. The van der Waals surface area contributed by atoms with Crippen LogP contribution in [0.3, 0.4) is 0 Å². The summed E-state index contributed by atoms with van der Waals surface area (Å²) in [5, 5.41) is 2.82. The highest BCUT2D eigenvalue weighted by atomic mass is 79.9. The first kappa shape index (κ1) is 13.5. The maximum absolute atomic E-state index is 12.2. The molecule has 0 bridgehead atoms. The number of para-hydroxylation sites is 1. The fraction of sp³-hybridized carbons (Fsp3) is 0.143. The molecule has 0 radical (unpaired) electrons. The number of aromatic nitrogens is 1. The van der Waals surface area contributed by atoms with E-state index < -0.39 is 0 Å². The normalized spacial score (nSPS) is 10.0. The molecule has 2 rings (SSSR count). The van der Waals surface area contributed by atoms with Gasteiger partial charge in [-0.3, -0.25) is 4.79 Å². The highest BCUT2D eigenvalue weighted by molar-refractivity contribution is 9.10. The number of carbonyl (C=O) groups is 1. The van der Waals surface area contributed by atoms with Crippen molar-refractivity contribution < 1.29 is 9.53 Å². The molecule has 0 aliphatic carbocycles. The molecule has 0 saturated carbocycles. The van der Waals surface area contributed by atoms with Crippen LogP contribution in [0.1, 0.15) is 17.3 Å². The quantitative estimate of drug-likeness (QED) is 0.938. The highest BCUT2D eigenvalue weighted by Crippen LogP contribution is 2.23. The molecule has 0 aliphatic rings. The molecule has 1 amide bonds. The predicted molar refractivity (Wildman–Crippen MR) is 77.5 cm³/mol. The smallest absolute Gasteiger partial charge is 0.261 e. The molecule has 1 heterocycles. The largest absolute Gasteiger partial charge is 0.477 e. The van der Waals surface area contributed by atoms with E-state index in [-0.39, 0.29) is 5.91 Å². The van der Waals surface area contributed by atoms with E-state index in [0.717, 1.165) is 4.47 Å². The minimum absolute atomic E-state index is 0.247. The van der Waals surface area contributed by atoms with Crippen molar-refractivity contribution in [1.29, 1.82) is 0 Å². The lowest BCUT2D eigenvalue weighted by Crippen LogP contribution is -2.14. The average molecular weight is 321 g/mol. The standard InChI is InChI=1S/C14H13BrN2O2/c1-2-19-14-10(6-5-9-16-14)13(18)17-12-8-4-3-7-11(12)15/h3-9H,2H2,1H3,(H,17,18). The SMILES string of the molecule is CCOc1ncccc1C(=O)Nc1ccccc1Br. The van der Waals surface area contributed by atoms with Gasteiger partial charge in [0.1, 0.15) is 5.56 Å². The van der Waals surface area contributed by atoms with Crippen molar-refractivity contribution in [2.24, 2.45) is 0 Å². The minimum atomic E-state index is -0.247. The number of pyridine rings is 1. The van der Waals surface area contributed by atoms with Crippen molar-refractivity contribution >= 4 is 27.5 Å². The molecule has 0 atom stereocenters. The third-order valence-corrected chi connectivity index (χ3v) is 3.11. The van der Waals surface area contributed by atoms with E-state index in [1.54, 1.807) is 18.3 Å². The summed E-state index contributed by atoms with van der Waals surface area (Å²) in [6.07, 6.45) is 1.60. The molecule has 98 valence electrons. The maximum Gasteiger partial charge on any atom is 0.261 e. The zero-order valence-electron chi connectivity index (χ0n) is 10.4. The fourth-order valence-electron chi connectivity index (χ4n) is 1.57. The van der Waals surface area contributed by atoms with E-state index >= 15 is 0 Å². The molecule has 19 heavy (non-hydrogen) atoms. The van der Waals surface area contributed by atoms with Gasteiger partial charge in [0.05, 0.1) is 12.3 Å². The first-order chi connectivity index (χ1) is 9.22. The van der Waals surface area contributed by atoms with Crippen molar-refractivity contribution in [2.45, 2.75) is 6.92 Å². The lowest BCUT2D eigenvalue weighted by atomic mass is 10.2. The molecule has 2 aromatic rings. The third-order valence-electron chi connectivity index (χ3n) is 2.42. The molecule has 0 unspecified atom stereocenters. The molecule has 0 fully saturated rings. The number of hydrogen-bond donors (Lipinski definition) is 1. The van der Waals surface area contributed by atoms with E-state index in [2.05, 4.69) is 26.2 Å². The Morgan fingerprint density at radius 1 is 1.32 bits per heavy atom. The van der Waals surface area contributed by atoms with Crippen molar-refractivity contribution in [3.63, 3.8) is 0 Å². The number of benzene rings is 1. The Balaban J connectivity index is 2.23. The number of halogens is 1. The van der Waals surface area contributed by atoms with Crippen LogP contribution in [0.5, 0.6) is 5.88 Å². The number of ether oxygens (including phenoxy) is 1. The van der Waals surface area contributed by atoms with E-state index in [1.807, 2.05) is 31.2 Å². The van der Waals surface area contributed by atoms with Crippen LogP contribution in [0.2, 0.25) is 0 Å². The van der Waals surface area contributed by atoms with Gasteiger partial charge in [-0.25, -0.2) is 4.98 Å². The predicted octanol–water partition coefficient (Wildman–Crippen LogP) is 3.50. The summed E-state index contributed by atoms with van der Waals surface area (Å²) in [6.45, 7) is 2.32. The van der Waals surface area contributed by atoms with Gasteiger partial charge >= 0.3 is 0 Å². The molecule has 0 aliphatic heterocycles. The van der Waals surface area contributed by atoms with Gasteiger partial charge in [-0.2, -0.15) is 0 Å². The van der Waals surface area contributed by atoms with Crippen LogP contribution in [0.4, 0.5) is 5.69 Å². The molecule has 4 nitrogen and oxygen atoms in total. The summed E-state index contributed by atoms with van der Waals surface area (Å²) < 4.78 is 6.17. The van der Waals surface area contributed by atoms with Crippen LogP contribution in [-0.4, -0.2) is 17.5 Å². The monoisotopic (exact) mass is 320 g/mol. The number of anilines is 1. The van der Waals surface area contributed by atoms with Crippen LogP contribution >= 0.6 is 15.9 Å². The molecule has 0 spiro atoms. The van der Waals surface area contributed by atoms with E-state index in [1.165, 1.54) is 0 Å². The summed E-state index contributed by atoms with van der Waals surface area (Å²) in [7, 11) is 0. The van der Waals surface area contributed by atoms with E-state index in [9.17, 15) is 4.79 Å². The van der Waals surface area contributed by atoms with Crippen LogP contribution in [0, 0.1) is 0 Å². The van der Waals surface area contributed by atoms with Gasteiger partial charge in [-0.05, 0) is 47.1 Å². The minimum Gasteiger partial charge on any atom is -0.477 e. The Hall–Kier alpha value is -1.88. The van der Waals surface area contributed by atoms with Crippen molar-refractivity contribution in [1.82, 2.24) is 4.98 Å². The first-order valence-electron chi connectivity index (χ1n) is 5.86. The van der Waals surface area contributed by atoms with Crippen molar-refractivity contribution in [2.75, 3.05) is 11.9 Å². The van der Waals surface area contributed by atoms with E-state index in [0.29, 0.717) is 23.7 Å². The van der Waals surface area contributed by atoms with Crippen LogP contribution < -0.4 is 10.1 Å². The molecule has 1 aromatic heterocycles. The highest BCUT2D eigenvalue weighted by Gasteiger charge is 2.14. The number of nitrogens with one attached hydrogen (secondary N) is 1. The zero-order chi connectivity index (χ0) is 13.7. The molecule has 1 N–H and O–H groups in total. The molecular weight excluding hydrogens is 308 g/mol. The molecule has 0 saturated heterocycles. The van der Waals surface area contributed by atoms with Crippen LogP contribution in [0.15, 0.2) is 47.1 Å². The maximum atomic E-state index is 12.2. The zero-order valence-corrected chi connectivity index (χ0v) is 12.0. The summed E-state index contributed by atoms with van der Waals surface area (Å²) in [6, 6.07) is 10.8. The number of carbonyl (C=O) groups excluding carboxylic acids is 1. The Bertz CT molecular complexity index is 587. The molecule has 5 heteroatoms. The summed E-state index contributed by atoms with van der Waals surface area (Å²) in [4.78, 5) is 16.3. The number of rotatable bonds is 4. The van der Waals surface area contributed by atoms with Gasteiger partial charge in [0.25, 0.3) is 5.91 Å². The summed E-state index contributed by atoms with van der Waals surface area (Å²) in [5.74, 6) is 0.0954. The second-order valence-corrected chi connectivity index (χ2v) is 4.58. The van der Waals surface area contributed by atoms with Gasteiger partial charge in [-0.15, -0.1) is 0 Å². The van der Waals surface area contributed by atoms with Crippen molar-refractivity contribution in [3.05, 3.63) is 52.6 Å². The average Bonchev–Trinajstić information content (AvgIpc) is 2.42. The lowest BCUT2D eigenvalue weighted by Gasteiger charge is -2.10. The lowest BCUT2D eigenvalue weighted by molar-refractivity contribution is 0.102. The Morgan fingerprint density at radius 3 is 2.84 bits per heavy atom. The summed E-state index contributed by atoms with van der Waals surface area (Å²) in [5.41, 5.74) is 1.12. The second-order valence-electron chi connectivity index (χ2n) is 3.72. The third kappa shape index (κ3) is 3.32. The van der Waals surface area contributed by atoms with E-state index in [4.69, 9.17) is 4.74 Å². The number of amides is 1. The first-order valence-corrected chi connectivity index (χ1v) is 6.65. The fourth-order valence-corrected chi connectivity index (χ4v) is 1.95. The van der Waals surface area contributed by atoms with Gasteiger partial charge < -0.3 is 10.1 Å². The number of nitrogens with zero attached hydrogens (tertiary/aromatic N) is 1. The van der Waals surface area contributed by atoms with Crippen LogP contribution in [-0.2, 0) is 0 Å². The Labute approximate surface area is 119 Å². The van der Waals surface area contributed by atoms with Gasteiger partial charge in [0.15, 0.2) is 0 Å². The molecular formula is C14H13BrN2O2. The topological polar surface area (TPSA) is 51.2 Å². The van der Waals surface area contributed by atoms with Gasteiger partial charge in [0.2, 0.25) is 5.88 Å². The van der Waals surface area contributed by atoms with Gasteiger partial charge in [0, 0.05) is 10.7 Å². The van der Waals surface area contributed by atoms with Crippen LogP contribution in [0.25, 0.3) is 0 Å². The van der Waals surface area contributed by atoms with Gasteiger partial charge in [-0.1, -0.05) is 12.1 Å². The Kier molecular flexibility index (Phi) is 4.52. The summed E-state index contributed by atoms with van der Waals surface area (Å²) >= 11 is 3.38. The molecule has 1 aromatic carbocycles.